The van der Waals surface area contributed by atoms with E-state index in [0.29, 0.717) is 6.61 Å². The number of carbonyl (C=O) groups is 1. The number of carboxylic acids is 1. The van der Waals surface area contributed by atoms with Gasteiger partial charge < -0.3 is 10.2 Å². The van der Waals surface area contributed by atoms with Gasteiger partial charge in [-0.05, 0) is 52.4 Å². The third-order valence-electron chi connectivity index (χ3n) is 4.45. The maximum Gasteiger partial charge on any atom is 0.309 e. The molecule has 136 valence electrons. The number of rotatable bonds is 16. The van der Waals surface area contributed by atoms with Crippen LogP contribution in [0.25, 0.3) is 0 Å². The zero-order valence-electron chi connectivity index (χ0n) is 15.4. The lowest BCUT2D eigenvalue weighted by Gasteiger charge is -2.18. The van der Waals surface area contributed by atoms with E-state index >= 15 is 0 Å². The lowest BCUT2D eigenvalue weighted by molar-refractivity contribution is -0.147. The molecule has 0 aliphatic carbocycles. The molecule has 0 aromatic rings. The number of allylic oxidation sites excluding steroid dienone is 2. The highest BCUT2D eigenvalue weighted by atomic mass is 16.4. The molecule has 0 aliphatic rings. The van der Waals surface area contributed by atoms with Crippen molar-refractivity contribution < 1.29 is 15.0 Å². The van der Waals surface area contributed by atoms with Gasteiger partial charge in [-0.3, -0.25) is 4.79 Å². The second-order valence-electron chi connectivity index (χ2n) is 7.25. The molecule has 0 unspecified atom stereocenters. The topological polar surface area (TPSA) is 57.5 Å². The van der Waals surface area contributed by atoms with E-state index in [9.17, 15) is 4.79 Å². The lowest BCUT2D eigenvalue weighted by Crippen LogP contribution is -2.23. The number of carboxylic acid groups (broad SMARTS) is 1. The van der Waals surface area contributed by atoms with Crippen LogP contribution >= 0.6 is 0 Å². The highest BCUT2D eigenvalue weighted by molar-refractivity contribution is 5.73. The number of hydrogen-bond donors (Lipinski definition) is 2. The minimum atomic E-state index is -0.686. The zero-order valence-corrected chi connectivity index (χ0v) is 15.4. The van der Waals surface area contributed by atoms with Crippen LogP contribution in [0.15, 0.2) is 12.2 Å². The quantitative estimate of drug-likeness (QED) is 0.282. The van der Waals surface area contributed by atoms with Crippen LogP contribution < -0.4 is 0 Å². The Labute approximate surface area is 143 Å². The van der Waals surface area contributed by atoms with Gasteiger partial charge in [0.05, 0.1) is 5.41 Å². The van der Waals surface area contributed by atoms with Crippen LogP contribution in [-0.4, -0.2) is 22.8 Å². The Balaban J connectivity index is 3.27. The molecule has 0 aromatic heterocycles. The minimum Gasteiger partial charge on any atom is -0.481 e. The first-order valence-corrected chi connectivity index (χ1v) is 9.50. The van der Waals surface area contributed by atoms with E-state index in [-0.39, 0.29) is 0 Å². The SMILES string of the molecule is CC(C)(CCCCCC/C=C\CCCCCCCCO)C(=O)O. The Hall–Kier alpha value is -0.830. The van der Waals surface area contributed by atoms with Crippen molar-refractivity contribution in [1.82, 2.24) is 0 Å². The first-order chi connectivity index (χ1) is 11.0. The molecule has 0 spiro atoms. The summed E-state index contributed by atoms with van der Waals surface area (Å²) in [7, 11) is 0. The molecule has 0 atom stereocenters. The van der Waals surface area contributed by atoms with Gasteiger partial charge in [0.25, 0.3) is 0 Å². The van der Waals surface area contributed by atoms with Crippen LogP contribution in [0.2, 0.25) is 0 Å². The summed E-state index contributed by atoms with van der Waals surface area (Å²) in [6.45, 7) is 3.95. The maximum atomic E-state index is 11.0. The molecule has 3 heteroatoms. The van der Waals surface area contributed by atoms with Crippen molar-refractivity contribution in [3.63, 3.8) is 0 Å². The monoisotopic (exact) mass is 326 g/mol. The van der Waals surface area contributed by atoms with Crippen molar-refractivity contribution in [2.45, 2.75) is 97.3 Å². The van der Waals surface area contributed by atoms with Gasteiger partial charge in [0.15, 0.2) is 0 Å². The van der Waals surface area contributed by atoms with Crippen LogP contribution in [-0.2, 0) is 4.79 Å². The van der Waals surface area contributed by atoms with Crippen molar-refractivity contribution in [2.75, 3.05) is 6.61 Å². The van der Waals surface area contributed by atoms with E-state index < -0.39 is 11.4 Å². The largest absolute Gasteiger partial charge is 0.481 e. The molecule has 0 aliphatic heterocycles. The fourth-order valence-corrected chi connectivity index (χ4v) is 2.61. The summed E-state index contributed by atoms with van der Waals surface area (Å²) in [5.41, 5.74) is -0.571. The van der Waals surface area contributed by atoms with Gasteiger partial charge in [-0.15, -0.1) is 0 Å². The highest BCUT2D eigenvalue weighted by Gasteiger charge is 2.25. The predicted molar refractivity (Wildman–Crippen MR) is 97.7 cm³/mol. The van der Waals surface area contributed by atoms with Gasteiger partial charge >= 0.3 is 5.97 Å². The summed E-state index contributed by atoms with van der Waals surface area (Å²) < 4.78 is 0. The molecular weight excluding hydrogens is 288 g/mol. The van der Waals surface area contributed by atoms with E-state index in [4.69, 9.17) is 10.2 Å². The molecule has 3 nitrogen and oxygen atoms in total. The van der Waals surface area contributed by atoms with Crippen molar-refractivity contribution >= 4 is 5.97 Å². The second kappa shape index (κ2) is 14.7. The predicted octanol–water partition coefficient (Wildman–Crippen LogP) is 5.72. The molecular formula is C20H38O3. The summed E-state index contributed by atoms with van der Waals surface area (Å²) in [6, 6.07) is 0. The molecule has 0 aromatic carbocycles. The van der Waals surface area contributed by atoms with Crippen molar-refractivity contribution in [3.8, 4) is 0 Å². The molecule has 0 rings (SSSR count). The number of hydrogen-bond acceptors (Lipinski definition) is 2. The van der Waals surface area contributed by atoms with Crippen molar-refractivity contribution in [1.29, 1.82) is 0 Å². The fraction of sp³-hybridized carbons (Fsp3) is 0.850. The van der Waals surface area contributed by atoms with Crippen LogP contribution in [0.4, 0.5) is 0 Å². The van der Waals surface area contributed by atoms with Gasteiger partial charge in [0, 0.05) is 6.61 Å². The molecule has 0 saturated carbocycles. The number of aliphatic carboxylic acids is 1. The molecule has 23 heavy (non-hydrogen) atoms. The Bertz CT molecular complexity index is 308. The smallest absolute Gasteiger partial charge is 0.309 e. The Morgan fingerprint density at radius 3 is 1.70 bits per heavy atom. The summed E-state index contributed by atoms with van der Waals surface area (Å²) in [5.74, 6) is -0.686. The second-order valence-corrected chi connectivity index (χ2v) is 7.25. The normalized spacial score (nSPS) is 12.1. The van der Waals surface area contributed by atoms with Gasteiger partial charge in [0.2, 0.25) is 0 Å². The van der Waals surface area contributed by atoms with E-state index in [1.807, 2.05) is 13.8 Å². The van der Waals surface area contributed by atoms with E-state index in [1.54, 1.807) is 0 Å². The van der Waals surface area contributed by atoms with E-state index in [0.717, 1.165) is 38.5 Å². The van der Waals surface area contributed by atoms with Crippen molar-refractivity contribution in [3.05, 3.63) is 12.2 Å². The summed E-state index contributed by atoms with van der Waals surface area (Å²) in [4.78, 5) is 11.0. The fourth-order valence-electron chi connectivity index (χ4n) is 2.61. The van der Waals surface area contributed by atoms with Gasteiger partial charge in [-0.2, -0.15) is 0 Å². The standard InChI is InChI=1S/C20H38O3/c1-20(2,19(22)23)17-15-13-11-9-7-5-3-4-6-8-10-12-14-16-18-21/h3,5,21H,4,6-18H2,1-2H3,(H,22,23)/b5-3-. The summed E-state index contributed by atoms with van der Waals surface area (Å²) in [5, 5.41) is 17.7. The molecule has 0 heterocycles. The van der Waals surface area contributed by atoms with Crippen LogP contribution in [0.3, 0.4) is 0 Å². The molecule has 2 N–H and O–H groups in total. The van der Waals surface area contributed by atoms with Crippen LogP contribution in [0.1, 0.15) is 97.3 Å². The minimum absolute atomic E-state index is 0.333. The Morgan fingerprint density at radius 1 is 0.783 bits per heavy atom. The number of aliphatic hydroxyl groups excluding tert-OH is 1. The molecule has 0 amide bonds. The number of unbranched alkanes of at least 4 members (excludes halogenated alkanes) is 10. The highest BCUT2D eigenvalue weighted by Crippen LogP contribution is 2.24. The van der Waals surface area contributed by atoms with Crippen LogP contribution in [0, 0.1) is 5.41 Å². The summed E-state index contributed by atoms with van der Waals surface area (Å²) >= 11 is 0. The Kier molecular flexibility index (Phi) is 14.2. The number of aliphatic hydroxyl groups is 1. The lowest BCUT2D eigenvalue weighted by atomic mass is 9.87. The third kappa shape index (κ3) is 14.5. The summed E-state index contributed by atoms with van der Waals surface area (Å²) in [6.07, 6.45) is 19.5. The maximum absolute atomic E-state index is 11.0. The molecule has 0 bridgehead atoms. The van der Waals surface area contributed by atoms with Gasteiger partial charge in [-0.25, -0.2) is 0 Å². The zero-order chi connectivity index (χ0) is 17.4. The third-order valence-corrected chi connectivity index (χ3v) is 4.45. The van der Waals surface area contributed by atoms with Crippen molar-refractivity contribution in [2.24, 2.45) is 5.41 Å². The molecule has 0 fully saturated rings. The Morgan fingerprint density at radius 2 is 1.22 bits per heavy atom. The average molecular weight is 327 g/mol. The van der Waals surface area contributed by atoms with Gasteiger partial charge in [-0.1, -0.05) is 57.1 Å². The first kappa shape index (κ1) is 22.2. The molecule has 0 radical (unpaired) electrons. The van der Waals surface area contributed by atoms with E-state index in [1.165, 1.54) is 44.9 Å². The average Bonchev–Trinajstić information content (AvgIpc) is 2.51. The molecule has 0 saturated heterocycles. The van der Waals surface area contributed by atoms with Crippen LogP contribution in [0.5, 0.6) is 0 Å². The van der Waals surface area contributed by atoms with Gasteiger partial charge in [0.1, 0.15) is 0 Å². The first-order valence-electron chi connectivity index (χ1n) is 9.50. The van der Waals surface area contributed by atoms with E-state index in [2.05, 4.69) is 12.2 Å².